The van der Waals surface area contributed by atoms with Crippen LogP contribution in [0.2, 0.25) is 0 Å². The van der Waals surface area contributed by atoms with Crippen LogP contribution in [-0.4, -0.2) is 31.7 Å². The lowest BCUT2D eigenvalue weighted by Gasteiger charge is -2.02. The topological polar surface area (TPSA) is 94.0 Å². The molecule has 0 aliphatic heterocycles. The average molecular weight is 268 g/mol. The van der Waals surface area contributed by atoms with Crippen molar-refractivity contribution >= 4 is 17.7 Å². The van der Waals surface area contributed by atoms with E-state index in [9.17, 15) is 9.18 Å². The molecule has 0 radical (unpaired) electrons. The zero-order valence-corrected chi connectivity index (χ0v) is 9.89. The fourth-order valence-corrected chi connectivity index (χ4v) is 1.87. The van der Waals surface area contributed by atoms with Gasteiger partial charge >= 0.3 is 5.97 Å². The summed E-state index contributed by atoms with van der Waals surface area (Å²) >= 11 is 0.965. The second-order valence-electron chi connectivity index (χ2n) is 3.37. The van der Waals surface area contributed by atoms with Crippen LogP contribution in [0, 0.1) is 5.82 Å². The Labute approximate surface area is 106 Å². The molecule has 3 N–H and O–H groups in total. The molecule has 2 aromatic rings. The minimum Gasteiger partial charge on any atom is -0.481 e. The minimum atomic E-state index is -0.966. The van der Waals surface area contributed by atoms with Crippen molar-refractivity contribution in [2.75, 3.05) is 11.6 Å². The highest BCUT2D eigenvalue weighted by atomic mass is 32.2. The van der Waals surface area contributed by atoms with Gasteiger partial charge in [0.15, 0.2) is 5.82 Å². The summed E-state index contributed by atoms with van der Waals surface area (Å²) in [5.41, 5.74) is 0.605. The van der Waals surface area contributed by atoms with Crippen molar-refractivity contribution in [2.24, 2.45) is 0 Å². The summed E-state index contributed by atoms with van der Waals surface area (Å²) in [4.78, 5) is 10.4. The Balaban J connectivity index is 2.25. The summed E-state index contributed by atoms with van der Waals surface area (Å²) in [5.74, 6) is 4.61. The van der Waals surface area contributed by atoms with E-state index in [1.165, 1.54) is 28.9 Å². The molecule has 18 heavy (non-hydrogen) atoms. The van der Waals surface area contributed by atoms with Gasteiger partial charge < -0.3 is 10.9 Å². The van der Waals surface area contributed by atoms with Crippen molar-refractivity contribution in [3.05, 3.63) is 30.1 Å². The van der Waals surface area contributed by atoms with Gasteiger partial charge in [0.25, 0.3) is 0 Å². The van der Waals surface area contributed by atoms with E-state index in [1.54, 1.807) is 0 Å². The molecule has 8 heteroatoms. The van der Waals surface area contributed by atoms with E-state index in [-0.39, 0.29) is 16.7 Å². The molecule has 1 aromatic carbocycles. The van der Waals surface area contributed by atoms with Crippen LogP contribution in [0.5, 0.6) is 0 Å². The molecule has 1 aromatic heterocycles. The van der Waals surface area contributed by atoms with Gasteiger partial charge in [-0.25, -0.2) is 9.07 Å². The smallest absolute Gasteiger partial charge is 0.313 e. The summed E-state index contributed by atoms with van der Waals surface area (Å²) < 4.78 is 14.0. The predicted molar refractivity (Wildman–Crippen MR) is 63.9 cm³/mol. The molecule has 0 unspecified atom stereocenters. The van der Waals surface area contributed by atoms with Gasteiger partial charge in [0.1, 0.15) is 5.82 Å². The first-order chi connectivity index (χ1) is 8.58. The van der Waals surface area contributed by atoms with Gasteiger partial charge in [0.05, 0.1) is 5.75 Å². The van der Waals surface area contributed by atoms with Crippen molar-refractivity contribution in [3.63, 3.8) is 0 Å². The number of carbonyl (C=O) groups is 1. The lowest BCUT2D eigenvalue weighted by atomic mass is 10.2. The molecule has 0 aliphatic carbocycles. The van der Waals surface area contributed by atoms with Gasteiger partial charge in [-0.15, -0.1) is 10.2 Å². The summed E-state index contributed by atoms with van der Waals surface area (Å²) in [6.07, 6.45) is 0. The number of carboxylic acid groups (broad SMARTS) is 1. The highest BCUT2D eigenvalue weighted by molar-refractivity contribution is 7.99. The number of nitrogens with two attached hydrogens (primary N) is 1. The molecule has 0 atom stereocenters. The van der Waals surface area contributed by atoms with Crippen LogP contribution in [0.1, 0.15) is 0 Å². The second kappa shape index (κ2) is 5.05. The largest absolute Gasteiger partial charge is 0.481 e. The third kappa shape index (κ3) is 2.59. The standard InChI is InChI=1S/C10H9FN4O2S/c11-7-3-1-6(2-4-7)9-13-14-10(15(9)12)18-5-8(16)17/h1-4H,5,12H2,(H,16,17). The lowest BCUT2D eigenvalue weighted by molar-refractivity contribution is -0.133. The Morgan fingerprint density at radius 3 is 2.67 bits per heavy atom. The van der Waals surface area contributed by atoms with Crippen LogP contribution in [0.4, 0.5) is 4.39 Å². The molecule has 94 valence electrons. The van der Waals surface area contributed by atoms with Crippen molar-refractivity contribution in [1.82, 2.24) is 14.9 Å². The minimum absolute atomic E-state index is 0.154. The van der Waals surface area contributed by atoms with Gasteiger partial charge in [-0.2, -0.15) is 0 Å². The van der Waals surface area contributed by atoms with E-state index in [0.717, 1.165) is 11.8 Å². The zero-order valence-electron chi connectivity index (χ0n) is 9.08. The first-order valence-corrected chi connectivity index (χ1v) is 5.87. The SMILES string of the molecule is Nn1c(SCC(=O)O)nnc1-c1ccc(F)cc1. The Morgan fingerprint density at radius 2 is 2.06 bits per heavy atom. The van der Waals surface area contributed by atoms with Crippen LogP contribution in [0.15, 0.2) is 29.4 Å². The number of benzene rings is 1. The van der Waals surface area contributed by atoms with Crippen LogP contribution in [0.25, 0.3) is 11.4 Å². The maximum Gasteiger partial charge on any atom is 0.313 e. The Hall–Kier alpha value is -2.09. The van der Waals surface area contributed by atoms with Crippen molar-refractivity contribution in [2.45, 2.75) is 5.16 Å². The Morgan fingerprint density at radius 1 is 1.39 bits per heavy atom. The van der Waals surface area contributed by atoms with E-state index in [2.05, 4.69) is 10.2 Å². The molecule has 0 spiro atoms. The number of aliphatic carboxylic acids is 1. The summed E-state index contributed by atoms with van der Waals surface area (Å²) in [7, 11) is 0. The van der Waals surface area contributed by atoms with Crippen LogP contribution in [0.3, 0.4) is 0 Å². The van der Waals surface area contributed by atoms with Gasteiger partial charge in [-0.05, 0) is 24.3 Å². The van der Waals surface area contributed by atoms with Gasteiger partial charge in [-0.1, -0.05) is 11.8 Å². The number of aromatic nitrogens is 3. The van der Waals surface area contributed by atoms with Gasteiger partial charge in [-0.3, -0.25) is 4.79 Å². The normalized spacial score (nSPS) is 10.5. The van der Waals surface area contributed by atoms with Gasteiger partial charge in [0.2, 0.25) is 5.16 Å². The molecule has 2 rings (SSSR count). The van der Waals surface area contributed by atoms with Crippen LogP contribution < -0.4 is 5.84 Å². The Bertz CT molecular complexity index is 570. The zero-order chi connectivity index (χ0) is 13.1. The molecule has 0 saturated carbocycles. The molecule has 0 aliphatic rings. The first kappa shape index (κ1) is 12.4. The van der Waals surface area contributed by atoms with E-state index < -0.39 is 5.97 Å². The summed E-state index contributed by atoms with van der Waals surface area (Å²) in [5, 5.41) is 16.5. The number of hydrogen-bond acceptors (Lipinski definition) is 5. The number of hydrogen-bond donors (Lipinski definition) is 2. The summed E-state index contributed by atoms with van der Waals surface area (Å²) in [6, 6.07) is 5.62. The fraction of sp³-hybridized carbons (Fsp3) is 0.100. The van der Waals surface area contributed by atoms with Crippen LogP contribution >= 0.6 is 11.8 Å². The fourth-order valence-electron chi connectivity index (χ4n) is 1.30. The third-order valence-electron chi connectivity index (χ3n) is 2.09. The van der Waals surface area contributed by atoms with Crippen molar-refractivity contribution < 1.29 is 14.3 Å². The van der Waals surface area contributed by atoms with Crippen molar-refractivity contribution in [3.8, 4) is 11.4 Å². The Kier molecular flexibility index (Phi) is 3.47. The highest BCUT2D eigenvalue weighted by Crippen LogP contribution is 2.21. The maximum absolute atomic E-state index is 12.8. The molecule has 0 saturated heterocycles. The molecular weight excluding hydrogens is 259 g/mol. The van der Waals surface area contributed by atoms with E-state index in [0.29, 0.717) is 11.4 Å². The number of thioether (sulfide) groups is 1. The quantitative estimate of drug-likeness (QED) is 0.634. The molecule has 0 amide bonds. The molecular formula is C10H9FN4O2S. The number of nitrogen functional groups attached to an aromatic ring is 1. The van der Waals surface area contributed by atoms with E-state index in [4.69, 9.17) is 10.9 Å². The average Bonchev–Trinajstić information content (AvgIpc) is 2.69. The maximum atomic E-state index is 12.8. The number of nitrogens with zero attached hydrogens (tertiary/aromatic N) is 3. The first-order valence-electron chi connectivity index (χ1n) is 4.89. The molecule has 6 nitrogen and oxygen atoms in total. The lowest BCUT2D eigenvalue weighted by Crippen LogP contribution is -2.12. The molecule has 1 heterocycles. The third-order valence-corrected chi connectivity index (χ3v) is 3.02. The number of rotatable bonds is 4. The van der Waals surface area contributed by atoms with E-state index in [1.807, 2.05) is 0 Å². The highest BCUT2D eigenvalue weighted by Gasteiger charge is 2.13. The second-order valence-corrected chi connectivity index (χ2v) is 4.31. The molecule has 0 bridgehead atoms. The van der Waals surface area contributed by atoms with Crippen molar-refractivity contribution in [1.29, 1.82) is 0 Å². The predicted octanol–water partition coefficient (Wildman–Crippen LogP) is 0.975. The number of halogens is 1. The summed E-state index contributed by atoms with van der Waals surface area (Å²) in [6.45, 7) is 0. The van der Waals surface area contributed by atoms with Crippen LogP contribution in [-0.2, 0) is 4.79 Å². The van der Waals surface area contributed by atoms with E-state index >= 15 is 0 Å². The monoisotopic (exact) mass is 268 g/mol. The molecule has 0 fully saturated rings. The number of carboxylic acids is 1. The van der Waals surface area contributed by atoms with Gasteiger partial charge in [0, 0.05) is 5.56 Å².